The summed E-state index contributed by atoms with van der Waals surface area (Å²) >= 11 is 0. The van der Waals surface area contributed by atoms with Crippen LogP contribution < -0.4 is 5.32 Å². The van der Waals surface area contributed by atoms with E-state index in [0.29, 0.717) is 11.5 Å². The third kappa shape index (κ3) is 6.07. The average Bonchev–Trinajstić information content (AvgIpc) is 3.65. The first-order chi connectivity index (χ1) is 27.7. The van der Waals surface area contributed by atoms with Gasteiger partial charge in [-0.25, -0.2) is 9.97 Å². The van der Waals surface area contributed by atoms with Crippen molar-refractivity contribution in [2.75, 3.05) is 0 Å². The molecule has 56 heavy (non-hydrogen) atoms. The van der Waals surface area contributed by atoms with Gasteiger partial charge in [-0.1, -0.05) is 152 Å². The summed E-state index contributed by atoms with van der Waals surface area (Å²) in [6, 6.07) is 63.6. The molecule has 0 radical (unpaired) electrons. The Morgan fingerprint density at radius 1 is 0.482 bits per heavy atom. The quantitative estimate of drug-likeness (QED) is 0.161. The maximum absolute atomic E-state index is 9.54. The van der Waals surface area contributed by atoms with Crippen LogP contribution in [0.3, 0.4) is 0 Å². The van der Waals surface area contributed by atoms with Crippen LogP contribution >= 0.6 is 0 Å². The molecular formula is C51H34N4O. The Balaban J connectivity index is 1.11. The molecule has 0 unspecified atom stereocenters. The van der Waals surface area contributed by atoms with E-state index in [0.717, 1.165) is 94.8 Å². The monoisotopic (exact) mass is 718 g/mol. The number of fused-ring (bicyclic) bond motifs is 4. The largest absolute Gasteiger partial charge is 0.456 e. The van der Waals surface area contributed by atoms with Crippen molar-refractivity contribution in [1.29, 1.82) is 5.41 Å². The molecule has 0 aliphatic carbocycles. The molecule has 264 valence electrons. The van der Waals surface area contributed by atoms with Crippen LogP contribution in [-0.4, -0.2) is 15.7 Å². The van der Waals surface area contributed by atoms with E-state index in [9.17, 15) is 5.41 Å². The first kappa shape index (κ1) is 33.0. The lowest BCUT2D eigenvalue weighted by atomic mass is 9.88. The van der Waals surface area contributed by atoms with Gasteiger partial charge in [0.1, 0.15) is 11.2 Å². The van der Waals surface area contributed by atoms with Crippen molar-refractivity contribution in [3.63, 3.8) is 0 Å². The fourth-order valence-corrected chi connectivity index (χ4v) is 7.56. The Morgan fingerprint density at radius 2 is 1.11 bits per heavy atom. The smallest absolute Gasteiger partial charge is 0.160 e. The Morgan fingerprint density at radius 3 is 1.91 bits per heavy atom. The van der Waals surface area contributed by atoms with Gasteiger partial charge in [0.15, 0.2) is 5.82 Å². The lowest BCUT2D eigenvalue weighted by Gasteiger charge is -2.26. The molecule has 3 heterocycles. The highest BCUT2D eigenvalue weighted by molar-refractivity contribution is 6.36. The number of hydrogen-bond donors (Lipinski definition) is 2. The molecule has 5 nitrogen and oxygen atoms in total. The molecule has 7 aromatic carbocycles. The van der Waals surface area contributed by atoms with E-state index in [2.05, 4.69) is 108 Å². The molecule has 0 fully saturated rings. The van der Waals surface area contributed by atoms with Crippen LogP contribution in [0.1, 0.15) is 27.8 Å². The van der Waals surface area contributed by atoms with Crippen molar-refractivity contribution in [3.05, 3.63) is 216 Å². The number of benzene rings is 7. The minimum atomic E-state index is 0.448. The Bertz CT molecular complexity index is 3000. The standard InChI is InChI=1S/C51H34N4O/c52-49(35-19-8-3-9-20-35)48(34-17-6-2-7-18-34)50-40-24-11-10-21-36(40)31-43(53-50)37-22-14-23-39(29-37)51-54-44(33-15-4-1-5-16-33)32-45(55-51)38-27-28-47-42(30-38)41-25-12-13-26-46(41)56-47/h1-32,52-53H/b50-48-,52-49?. The van der Waals surface area contributed by atoms with Gasteiger partial charge in [0.05, 0.1) is 22.8 Å². The van der Waals surface area contributed by atoms with Crippen molar-refractivity contribution in [2.24, 2.45) is 0 Å². The predicted molar refractivity (Wildman–Crippen MR) is 230 cm³/mol. The van der Waals surface area contributed by atoms with Crippen molar-refractivity contribution in [3.8, 4) is 33.9 Å². The van der Waals surface area contributed by atoms with Crippen LogP contribution in [0.15, 0.2) is 192 Å². The number of para-hydroxylation sites is 1. The maximum atomic E-state index is 9.54. The number of rotatable bonds is 7. The number of aromatic nitrogens is 2. The van der Waals surface area contributed by atoms with Crippen LogP contribution in [0.5, 0.6) is 0 Å². The molecule has 0 saturated heterocycles. The molecule has 1 aliphatic rings. The first-order valence-electron chi connectivity index (χ1n) is 18.7. The molecule has 0 amide bonds. The van der Waals surface area contributed by atoms with Gasteiger partial charge < -0.3 is 9.73 Å². The number of nitrogens with zero attached hydrogens (tertiary/aromatic N) is 2. The van der Waals surface area contributed by atoms with E-state index < -0.39 is 0 Å². The number of furan rings is 1. The lowest BCUT2D eigenvalue weighted by Crippen LogP contribution is -2.20. The minimum Gasteiger partial charge on any atom is -0.456 e. The van der Waals surface area contributed by atoms with Gasteiger partial charge >= 0.3 is 0 Å². The minimum absolute atomic E-state index is 0.448. The van der Waals surface area contributed by atoms with Gasteiger partial charge in [-0.15, -0.1) is 0 Å². The molecule has 0 spiro atoms. The van der Waals surface area contributed by atoms with E-state index >= 15 is 0 Å². The molecule has 2 aromatic heterocycles. The van der Waals surface area contributed by atoms with Gasteiger partial charge in [0, 0.05) is 49.9 Å². The van der Waals surface area contributed by atoms with Gasteiger partial charge in [0.25, 0.3) is 0 Å². The molecule has 0 saturated carbocycles. The molecule has 1 aliphatic heterocycles. The Kier molecular flexibility index (Phi) is 8.23. The average molecular weight is 719 g/mol. The fraction of sp³-hybridized carbons (Fsp3) is 0. The van der Waals surface area contributed by atoms with Crippen LogP contribution in [0.25, 0.3) is 78.9 Å². The second kappa shape index (κ2) is 14.0. The summed E-state index contributed by atoms with van der Waals surface area (Å²) in [6.45, 7) is 0. The highest BCUT2D eigenvalue weighted by atomic mass is 16.3. The van der Waals surface area contributed by atoms with Crippen molar-refractivity contribution >= 4 is 50.7 Å². The molecular weight excluding hydrogens is 685 g/mol. The van der Waals surface area contributed by atoms with Crippen LogP contribution in [0, 0.1) is 5.41 Å². The summed E-state index contributed by atoms with van der Waals surface area (Å²) in [5.74, 6) is 0.628. The third-order valence-corrected chi connectivity index (χ3v) is 10.3. The van der Waals surface area contributed by atoms with Crippen molar-refractivity contribution in [2.45, 2.75) is 0 Å². The van der Waals surface area contributed by atoms with E-state index in [1.165, 1.54) is 0 Å². The van der Waals surface area contributed by atoms with E-state index in [-0.39, 0.29) is 0 Å². The summed E-state index contributed by atoms with van der Waals surface area (Å²) in [7, 11) is 0. The van der Waals surface area contributed by atoms with E-state index in [1.54, 1.807) is 0 Å². The zero-order valence-corrected chi connectivity index (χ0v) is 30.3. The van der Waals surface area contributed by atoms with Gasteiger partial charge in [-0.2, -0.15) is 0 Å². The SMILES string of the molecule is N=C(/C(=C1\NC(c2cccc(-c3nc(-c4ccccc4)cc(-c4ccc5oc6ccccc6c5c4)n3)c2)=Cc2ccccc21)c1ccccc1)c1ccccc1. The van der Waals surface area contributed by atoms with Crippen molar-refractivity contribution in [1.82, 2.24) is 15.3 Å². The van der Waals surface area contributed by atoms with Gasteiger partial charge in [-0.05, 0) is 59.2 Å². The second-order valence-electron chi connectivity index (χ2n) is 13.8. The maximum Gasteiger partial charge on any atom is 0.160 e. The Hall–Kier alpha value is -7.63. The third-order valence-electron chi connectivity index (χ3n) is 10.3. The number of allylic oxidation sites excluding steroid dienone is 1. The first-order valence-corrected chi connectivity index (χ1v) is 18.7. The number of nitrogens with one attached hydrogen (secondary N) is 2. The van der Waals surface area contributed by atoms with Crippen LogP contribution in [0.2, 0.25) is 0 Å². The van der Waals surface area contributed by atoms with Crippen molar-refractivity contribution < 1.29 is 4.42 Å². The molecule has 2 N–H and O–H groups in total. The lowest BCUT2D eigenvalue weighted by molar-refractivity contribution is 0.669. The summed E-state index contributed by atoms with van der Waals surface area (Å²) in [5.41, 5.74) is 14.3. The van der Waals surface area contributed by atoms with E-state index in [4.69, 9.17) is 14.4 Å². The topological polar surface area (TPSA) is 74.8 Å². The normalized spacial score (nSPS) is 13.2. The summed E-state index contributed by atoms with van der Waals surface area (Å²) < 4.78 is 6.15. The van der Waals surface area contributed by atoms with Gasteiger partial charge in [0.2, 0.25) is 0 Å². The summed E-state index contributed by atoms with van der Waals surface area (Å²) in [5, 5.41) is 15.5. The molecule has 9 aromatic rings. The fourth-order valence-electron chi connectivity index (χ4n) is 7.56. The summed E-state index contributed by atoms with van der Waals surface area (Å²) in [4.78, 5) is 10.4. The zero-order chi connectivity index (χ0) is 37.4. The molecule has 0 bridgehead atoms. The molecule has 5 heteroatoms. The second-order valence-corrected chi connectivity index (χ2v) is 13.8. The zero-order valence-electron chi connectivity index (χ0n) is 30.3. The molecule has 10 rings (SSSR count). The summed E-state index contributed by atoms with van der Waals surface area (Å²) in [6.07, 6.45) is 2.18. The predicted octanol–water partition coefficient (Wildman–Crippen LogP) is 12.4. The highest BCUT2D eigenvalue weighted by Crippen LogP contribution is 2.38. The van der Waals surface area contributed by atoms with Gasteiger partial charge in [-0.3, -0.25) is 5.41 Å². The van der Waals surface area contributed by atoms with Crippen LogP contribution in [0.4, 0.5) is 0 Å². The van der Waals surface area contributed by atoms with E-state index in [1.807, 2.05) is 91.0 Å². The van der Waals surface area contributed by atoms with Crippen LogP contribution in [-0.2, 0) is 0 Å². The Labute approximate surface area is 324 Å². The highest BCUT2D eigenvalue weighted by Gasteiger charge is 2.24. The number of hydrogen-bond acceptors (Lipinski definition) is 5. The molecule has 0 atom stereocenters.